The van der Waals surface area contributed by atoms with Gasteiger partial charge in [-0.15, -0.1) is 0 Å². The number of fused-ring (bicyclic) bond motifs is 1. The number of halogens is 3. The number of ketones is 1. The number of carbonyl (C=O) groups excluding carboxylic acids is 3. The van der Waals surface area contributed by atoms with E-state index in [0.29, 0.717) is 54.5 Å². The van der Waals surface area contributed by atoms with Crippen LogP contribution in [0.4, 0.5) is 13.2 Å². The first-order valence-electron chi connectivity index (χ1n) is 11.8. The molecule has 0 amide bonds. The van der Waals surface area contributed by atoms with E-state index >= 15 is 0 Å². The summed E-state index contributed by atoms with van der Waals surface area (Å²) in [5, 5.41) is 0.412. The molecule has 0 aliphatic heterocycles. The highest BCUT2D eigenvalue weighted by Crippen LogP contribution is 2.29. The molecule has 6 nitrogen and oxygen atoms in total. The number of rotatable bonds is 10. The fraction of sp³-hybridized carbons (Fsp3) is 0.407. The molecule has 0 radical (unpaired) electrons. The third-order valence-corrected chi connectivity index (χ3v) is 5.71. The van der Waals surface area contributed by atoms with Crippen molar-refractivity contribution in [3.05, 3.63) is 69.8 Å². The van der Waals surface area contributed by atoms with Crippen molar-refractivity contribution in [2.45, 2.75) is 71.4 Å². The maximum atomic E-state index is 13.3. The van der Waals surface area contributed by atoms with Crippen LogP contribution in [0, 0.1) is 6.92 Å². The monoisotopic (exact) mass is 502 g/mol. The van der Waals surface area contributed by atoms with E-state index in [9.17, 15) is 22.8 Å². The van der Waals surface area contributed by atoms with Crippen molar-refractivity contribution in [2.24, 2.45) is 0 Å². The van der Waals surface area contributed by atoms with E-state index in [0.717, 1.165) is 37.0 Å². The maximum Gasteiger partial charge on any atom is 0.416 e. The van der Waals surface area contributed by atoms with Gasteiger partial charge in [-0.2, -0.15) is 22.8 Å². The van der Waals surface area contributed by atoms with Gasteiger partial charge in [-0.05, 0) is 68.1 Å². The summed E-state index contributed by atoms with van der Waals surface area (Å²) in [6.07, 6.45) is 1.70. The Labute approximate surface area is 207 Å². The molecule has 1 heterocycles. The second-order valence-electron chi connectivity index (χ2n) is 8.52. The molecule has 0 atom stereocenters. The van der Waals surface area contributed by atoms with Gasteiger partial charge in [-0.3, -0.25) is 14.2 Å². The number of benzene rings is 2. The van der Waals surface area contributed by atoms with E-state index in [1.165, 1.54) is 16.7 Å². The lowest BCUT2D eigenvalue weighted by Gasteiger charge is -2.15. The number of alkyl halides is 3. The predicted octanol–water partition coefficient (Wildman–Crippen LogP) is 5.99. The Kier molecular flexibility index (Phi) is 10.7. The number of aromatic nitrogens is 2. The SMILES string of the molecule is CCCCCC(=O)CCCCc1nc2cc(C)ccc2c(=O)n1-c1ccc(C(F)(F)F)cc1.O=C=O. The summed E-state index contributed by atoms with van der Waals surface area (Å²) in [6, 6.07) is 9.87. The second-order valence-corrected chi connectivity index (χ2v) is 8.52. The topological polar surface area (TPSA) is 86.1 Å². The molecule has 2 aromatic carbocycles. The fourth-order valence-corrected chi connectivity index (χ4v) is 3.88. The lowest BCUT2D eigenvalue weighted by molar-refractivity contribution is -0.191. The normalized spacial score (nSPS) is 11.0. The molecule has 192 valence electrons. The van der Waals surface area contributed by atoms with Crippen molar-refractivity contribution in [3.8, 4) is 5.69 Å². The zero-order valence-corrected chi connectivity index (χ0v) is 20.4. The number of aryl methyl sites for hydroxylation is 2. The van der Waals surface area contributed by atoms with E-state index in [1.54, 1.807) is 6.07 Å². The molecular formula is C27H29F3N2O4. The minimum atomic E-state index is -4.45. The molecule has 36 heavy (non-hydrogen) atoms. The van der Waals surface area contributed by atoms with Crippen LogP contribution >= 0.6 is 0 Å². The highest BCUT2D eigenvalue weighted by Gasteiger charge is 2.30. The molecule has 0 aliphatic carbocycles. The van der Waals surface area contributed by atoms with Gasteiger partial charge >= 0.3 is 12.3 Å². The van der Waals surface area contributed by atoms with Crippen LogP contribution in [0.25, 0.3) is 16.6 Å². The minimum Gasteiger partial charge on any atom is -0.300 e. The molecule has 0 fully saturated rings. The summed E-state index contributed by atoms with van der Waals surface area (Å²) >= 11 is 0. The quantitative estimate of drug-likeness (QED) is 0.318. The van der Waals surface area contributed by atoms with Gasteiger partial charge in [0.05, 0.1) is 22.2 Å². The summed E-state index contributed by atoms with van der Waals surface area (Å²) in [6.45, 7) is 4.01. The first-order valence-corrected chi connectivity index (χ1v) is 11.8. The molecule has 3 rings (SSSR count). The van der Waals surface area contributed by atoms with Gasteiger partial charge in [-0.1, -0.05) is 25.8 Å². The van der Waals surface area contributed by atoms with Crippen LogP contribution in [0.5, 0.6) is 0 Å². The maximum absolute atomic E-state index is 13.3. The Balaban J connectivity index is 0.00000145. The Morgan fingerprint density at radius 2 is 1.58 bits per heavy atom. The smallest absolute Gasteiger partial charge is 0.300 e. The van der Waals surface area contributed by atoms with Crippen molar-refractivity contribution < 1.29 is 27.6 Å². The van der Waals surface area contributed by atoms with Crippen LogP contribution in [0.15, 0.2) is 47.3 Å². The Morgan fingerprint density at radius 3 is 2.17 bits per heavy atom. The summed E-state index contributed by atoms with van der Waals surface area (Å²) in [5.41, 5.74) is 0.782. The third kappa shape index (κ3) is 7.99. The van der Waals surface area contributed by atoms with Crippen LogP contribution in [0.2, 0.25) is 0 Å². The van der Waals surface area contributed by atoms with Crippen molar-refractivity contribution in [2.75, 3.05) is 0 Å². The minimum absolute atomic E-state index is 0.241. The molecule has 0 N–H and O–H groups in total. The first kappa shape index (κ1) is 28.7. The Hall–Kier alpha value is -3.58. The zero-order chi connectivity index (χ0) is 26.7. The molecule has 9 heteroatoms. The van der Waals surface area contributed by atoms with Crippen LogP contribution in [-0.4, -0.2) is 21.5 Å². The van der Waals surface area contributed by atoms with Crippen LogP contribution < -0.4 is 5.56 Å². The molecule has 0 unspecified atom stereocenters. The molecule has 0 saturated heterocycles. The molecule has 0 bridgehead atoms. The van der Waals surface area contributed by atoms with E-state index < -0.39 is 11.7 Å². The fourth-order valence-electron chi connectivity index (χ4n) is 3.88. The summed E-state index contributed by atoms with van der Waals surface area (Å²) < 4.78 is 40.4. The number of hydrogen-bond acceptors (Lipinski definition) is 5. The summed E-state index contributed by atoms with van der Waals surface area (Å²) in [7, 11) is 0. The van der Waals surface area contributed by atoms with Gasteiger partial charge < -0.3 is 0 Å². The van der Waals surface area contributed by atoms with Crippen LogP contribution in [-0.2, 0) is 27.0 Å². The lowest BCUT2D eigenvalue weighted by atomic mass is 10.1. The standard InChI is InChI=1S/C26H29F3N2O2.CO2/c1-3-4-5-8-21(32)9-6-7-10-24-30-23-17-18(2)11-16-22(23)25(33)31(24)20-14-12-19(13-15-20)26(27,28)29;2-1-3/h11-17H,3-10H2,1-2H3;. The third-order valence-electron chi connectivity index (χ3n) is 5.71. The highest BCUT2D eigenvalue weighted by atomic mass is 19.4. The van der Waals surface area contributed by atoms with Crippen LogP contribution in [0.1, 0.15) is 68.8 Å². The van der Waals surface area contributed by atoms with E-state index in [4.69, 9.17) is 9.59 Å². The zero-order valence-electron chi connectivity index (χ0n) is 20.4. The van der Waals surface area contributed by atoms with Crippen molar-refractivity contribution in [3.63, 3.8) is 0 Å². The first-order chi connectivity index (χ1) is 17.1. The van der Waals surface area contributed by atoms with Gasteiger partial charge in [0, 0.05) is 19.3 Å². The summed E-state index contributed by atoms with van der Waals surface area (Å²) in [4.78, 5) is 46.2. The van der Waals surface area contributed by atoms with E-state index in [2.05, 4.69) is 11.9 Å². The van der Waals surface area contributed by atoms with E-state index in [-0.39, 0.29) is 17.5 Å². The average Bonchev–Trinajstić information content (AvgIpc) is 2.82. The molecule has 0 spiro atoms. The van der Waals surface area contributed by atoms with Gasteiger partial charge in [0.1, 0.15) is 11.6 Å². The number of hydrogen-bond donors (Lipinski definition) is 0. The van der Waals surface area contributed by atoms with Gasteiger partial charge in [0.25, 0.3) is 5.56 Å². The molecule has 0 aliphatic rings. The highest BCUT2D eigenvalue weighted by molar-refractivity contribution is 5.79. The summed E-state index contributed by atoms with van der Waals surface area (Å²) in [5.74, 6) is 0.724. The van der Waals surface area contributed by atoms with Crippen molar-refractivity contribution >= 4 is 22.8 Å². The Bertz CT molecular complexity index is 1260. The Morgan fingerprint density at radius 1 is 0.972 bits per heavy atom. The number of unbranched alkanes of at least 4 members (excludes halogenated alkanes) is 3. The molecule has 0 saturated carbocycles. The average molecular weight is 503 g/mol. The van der Waals surface area contributed by atoms with E-state index in [1.807, 2.05) is 19.1 Å². The van der Waals surface area contributed by atoms with Gasteiger partial charge in [0.2, 0.25) is 0 Å². The lowest BCUT2D eigenvalue weighted by Crippen LogP contribution is -2.24. The van der Waals surface area contributed by atoms with Crippen LogP contribution in [0.3, 0.4) is 0 Å². The largest absolute Gasteiger partial charge is 0.416 e. The molecule has 1 aromatic heterocycles. The van der Waals surface area contributed by atoms with Crippen molar-refractivity contribution in [1.29, 1.82) is 0 Å². The van der Waals surface area contributed by atoms with Crippen molar-refractivity contribution in [1.82, 2.24) is 9.55 Å². The molecular weight excluding hydrogens is 473 g/mol. The second kappa shape index (κ2) is 13.5. The number of Topliss-reactive ketones (excluding diaryl/α,β-unsaturated/α-hetero) is 1. The molecule has 3 aromatic rings. The number of nitrogens with zero attached hydrogens (tertiary/aromatic N) is 2. The van der Waals surface area contributed by atoms with Gasteiger partial charge in [0.15, 0.2) is 0 Å². The van der Waals surface area contributed by atoms with Gasteiger partial charge in [-0.25, -0.2) is 4.98 Å². The predicted molar refractivity (Wildman–Crippen MR) is 129 cm³/mol. The number of carbonyl (C=O) groups is 1.